The molecule has 0 bridgehead atoms. The molecule has 0 fully saturated rings. The van der Waals surface area contributed by atoms with E-state index in [2.05, 4.69) is 39.2 Å². The molecule has 0 aliphatic carbocycles. The van der Waals surface area contributed by atoms with Crippen LogP contribution in [0.1, 0.15) is 13.3 Å². The van der Waals surface area contributed by atoms with Crippen molar-refractivity contribution >= 4 is 21.9 Å². The highest BCUT2D eigenvalue weighted by molar-refractivity contribution is 5.93. The van der Waals surface area contributed by atoms with Crippen LogP contribution < -0.4 is 4.74 Å². The third-order valence-corrected chi connectivity index (χ3v) is 3.59. The second kappa shape index (κ2) is 4.70. The van der Waals surface area contributed by atoms with Gasteiger partial charge in [-0.05, 0) is 30.7 Å². The van der Waals surface area contributed by atoms with E-state index in [-0.39, 0.29) is 0 Å². The normalized spacial score (nSPS) is 11.5. The number of aromatic nitrogens is 4. The zero-order chi connectivity index (χ0) is 14.2. The number of hydrogen-bond donors (Lipinski definition) is 3. The van der Waals surface area contributed by atoms with Crippen LogP contribution >= 0.6 is 0 Å². The van der Waals surface area contributed by atoms with Crippen LogP contribution in [0.25, 0.3) is 33.3 Å². The van der Waals surface area contributed by atoms with Gasteiger partial charge >= 0.3 is 0 Å². The summed E-state index contributed by atoms with van der Waals surface area (Å²) in [7, 11) is 0. The van der Waals surface area contributed by atoms with E-state index in [0.717, 1.165) is 52.1 Å². The second-order valence-electron chi connectivity index (χ2n) is 5.12. The Bertz CT molecular complexity index is 899. The molecule has 4 aromatic rings. The van der Waals surface area contributed by atoms with Crippen molar-refractivity contribution in [1.82, 2.24) is 20.2 Å². The number of H-pyrrole nitrogens is 3. The summed E-state index contributed by atoms with van der Waals surface area (Å²) in [5, 5.41) is 8.55. The van der Waals surface area contributed by atoms with Crippen molar-refractivity contribution in [2.45, 2.75) is 13.3 Å². The summed E-state index contributed by atoms with van der Waals surface area (Å²) in [5.41, 5.74) is 4.98. The van der Waals surface area contributed by atoms with Gasteiger partial charge in [-0.15, -0.1) is 0 Å². The fourth-order valence-corrected chi connectivity index (χ4v) is 2.57. The minimum absolute atomic E-state index is 0.738. The van der Waals surface area contributed by atoms with Gasteiger partial charge in [-0.2, -0.15) is 5.10 Å². The zero-order valence-corrected chi connectivity index (χ0v) is 11.7. The number of nitrogens with zero attached hydrogens (tertiary/aromatic N) is 1. The SMILES string of the molecule is CCCOc1ccc2cc(-c3n[nH]c4cc[nH]c34)[nH]c2c1. The molecule has 106 valence electrons. The number of ether oxygens (including phenoxy) is 1. The van der Waals surface area contributed by atoms with Crippen molar-refractivity contribution in [1.29, 1.82) is 0 Å². The van der Waals surface area contributed by atoms with Crippen LogP contribution in [-0.4, -0.2) is 26.8 Å². The van der Waals surface area contributed by atoms with Crippen LogP contribution in [0.15, 0.2) is 36.5 Å². The van der Waals surface area contributed by atoms with Crippen molar-refractivity contribution < 1.29 is 4.74 Å². The van der Waals surface area contributed by atoms with Crippen LogP contribution in [0.2, 0.25) is 0 Å². The van der Waals surface area contributed by atoms with Crippen molar-refractivity contribution in [3.05, 3.63) is 36.5 Å². The quantitative estimate of drug-likeness (QED) is 0.531. The van der Waals surface area contributed by atoms with Crippen LogP contribution in [0.3, 0.4) is 0 Å². The Kier molecular flexibility index (Phi) is 2.70. The summed E-state index contributed by atoms with van der Waals surface area (Å²) in [6, 6.07) is 10.2. The van der Waals surface area contributed by atoms with E-state index in [1.807, 2.05) is 24.4 Å². The molecular formula is C16H16N4O. The Balaban J connectivity index is 1.78. The Hall–Kier alpha value is -2.69. The molecule has 1 aromatic carbocycles. The van der Waals surface area contributed by atoms with Crippen LogP contribution in [0.5, 0.6) is 5.75 Å². The van der Waals surface area contributed by atoms with E-state index in [1.165, 1.54) is 0 Å². The molecule has 0 aliphatic rings. The number of aromatic amines is 3. The highest BCUT2D eigenvalue weighted by atomic mass is 16.5. The average molecular weight is 280 g/mol. The lowest BCUT2D eigenvalue weighted by atomic mass is 10.2. The minimum Gasteiger partial charge on any atom is -0.494 e. The van der Waals surface area contributed by atoms with Crippen molar-refractivity contribution in [3.8, 4) is 17.1 Å². The molecule has 0 unspecified atom stereocenters. The molecule has 0 amide bonds. The molecule has 0 saturated heterocycles. The molecule has 0 aliphatic heterocycles. The molecule has 3 heterocycles. The summed E-state index contributed by atoms with van der Waals surface area (Å²) in [6.07, 6.45) is 2.91. The van der Waals surface area contributed by atoms with Crippen molar-refractivity contribution in [2.75, 3.05) is 6.61 Å². The maximum Gasteiger partial charge on any atom is 0.132 e. The first kappa shape index (κ1) is 12.1. The first-order valence-corrected chi connectivity index (χ1v) is 7.12. The molecule has 5 heteroatoms. The third-order valence-electron chi connectivity index (χ3n) is 3.59. The number of nitrogens with one attached hydrogen (secondary N) is 3. The van der Waals surface area contributed by atoms with Gasteiger partial charge in [0, 0.05) is 23.2 Å². The lowest BCUT2D eigenvalue weighted by Crippen LogP contribution is -1.94. The monoisotopic (exact) mass is 280 g/mol. The molecule has 5 nitrogen and oxygen atoms in total. The molecule has 0 radical (unpaired) electrons. The molecule has 0 spiro atoms. The van der Waals surface area contributed by atoms with Gasteiger partial charge in [0.2, 0.25) is 0 Å². The molecule has 4 rings (SSSR count). The predicted octanol–water partition coefficient (Wildman–Crippen LogP) is 3.83. The van der Waals surface area contributed by atoms with E-state index in [0.29, 0.717) is 0 Å². The number of benzene rings is 1. The largest absolute Gasteiger partial charge is 0.494 e. The Labute approximate surface area is 121 Å². The summed E-state index contributed by atoms with van der Waals surface area (Å²) in [5.74, 6) is 0.893. The smallest absolute Gasteiger partial charge is 0.132 e. The zero-order valence-electron chi connectivity index (χ0n) is 11.7. The average Bonchev–Trinajstić information content (AvgIpc) is 3.18. The fraction of sp³-hybridized carbons (Fsp3) is 0.188. The maximum atomic E-state index is 5.67. The fourth-order valence-electron chi connectivity index (χ4n) is 2.57. The molecule has 3 aromatic heterocycles. The van der Waals surface area contributed by atoms with E-state index < -0.39 is 0 Å². The predicted molar refractivity (Wildman–Crippen MR) is 83.5 cm³/mol. The van der Waals surface area contributed by atoms with Gasteiger partial charge in [0.05, 0.1) is 23.3 Å². The van der Waals surface area contributed by atoms with Gasteiger partial charge in [0.15, 0.2) is 0 Å². The van der Waals surface area contributed by atoms with E-state index in [9.17, 15) is 0 Å². The molecule has 21 heavy (non-hydrogen) atoms. The molecule has 0 atom stereocenters. The number of hydrogen-bond acceptors (Lipinski definition) is 2. The van der Waals surface area contributed by atoms with Crippen LogP contribution in [0, 0.1) is 0 Å². The van der Waals surface area contributed by atoms with Gasteiger partial charge in [0.1, 0.15) is 11.4 Å². The van der Waals surface area contributed by atoms with Crippen molar-refractivity contribution in [2.24, 2.45) is 0 Å². The van der Waals surface area contributed by atoms with Gasteiger partial charge in [0.25, 0.3) is 0 Å². The molecule has 0 saturated carbocycles. The highest BCUT2D eigenvalue weighted by Crippen LogP contribution is 2.29. The maximum absolute atomic E-state index is 5.67. The van der Waals surface area contributed by atoms with Gasteiger partial charge < -0.3 is 14.7 Å². The third kappa shape index (κ3) is 1.98. The van der Waals surface area contributed by atoms with Gasteiger partial charge in [-0.25, -0.2) is 0 Å². The Morgan fingerprint density at radius 3 is 3.00 bits per heavy atom. The first-order chi connectivity index (χ1) is 10.3. The lowest BCUT2D eigenvalue weighted by Gasteiger charge is -2.03. The lowest BCUT2D eigenvalue weighted by molar-refractivity contribution is 0.318. The van der Waals surface area contributed by atoms with Crippen LogP contribution in [-0.2, 0) is 0 Å². The van der Waals surface area contributed by atoms with E-state index in [1.54, 1.807) is 0 Å². The molecular weight excluding hydrogens is 264 g/mol. The van der Waals surface area contributed by atoms with Gasteiger partial charge in [-0.3, -0.25) is 5.10 Å². The van der Waals surface area contributed by atoms with Gasteiger partial charge in [-0.1, -0.05) is 6.92 Å². The Morgan fingerprint density at radius 1 is 1.14 bits per heavy atom. The summed E-state index contributed by atoms with van der Waals surface area (Å²) < 4.78 is 5.67. The number of fused-ring (bicyclic) bond motifs is 2. The van der Waals surface area contributed by atoms with Crippen LogP contribution in [0.4, 0.5) is 0 Å². The summed E-state index contributed by atoms with van der Waals surface area (Å²) in [6.45, 7) is 2.84. The summed E-state index contributed by atoms with van der Waals surface area (Å²) >= 11 is 0. The standard InChI is InChI=1S/C16H16N4O/c1-2-7-21-11-4-3-10-8-14(18-13(10)9-11)16-15-12(19-20-16)5-6-17-15/h3-6,8-9,17-18H,2,7H2,1H3,(H,19,20). The topological polar surface area (TPSA) is 69.5 Å². The van der Waals surface area contributed by atoms with Crippen molar-refractivity contribution in [3.63, 3.8) is 0 Å². The number of rotatable bonds is 4. The highest BCUT2D eigenvalue weighted by Gasteiger charge is 2.11. The molecule has 3 N–H and O–H groups in total. The Morgan fingerprint density at radius 2 is 2.10 bits per heavy atom. The summed E-state index contributed by atoms with van der Waals surface area (Å²) in [4.78, 5) is 6.63. The second-order valence-corrected chi connectivity index (χ2v) is 5.12. The first-order valence-electron chi connectivity index (χ1n) is 7.12. The minimum atomic E-state index is 0.738. The van der Waals surface area contributed by atoms with E-state index >= 15 is 0 Å². The van der Waals surface area contributed by atoms with E-state index in [4.69, 9.17) is 4.74 Å².